The summed E-state index contributed by atoms with van der Waals surface area (Å²) in [7, 11) is 0. The first-order chi connectivity index (χ1) is 8.17. The first kappa shape index (κ1) is 14.2. The zero-order valence-electron chi connectivity index (χ0n) is 9.31. The van der Waals surface area contributed by atoms with E-state index in [-0.39, 0.29) is 18.3 Å². The van der Waals surface area contributed by atoms with E-state index >= 15 is 0 Å². The molecule has 0 unspecified atom stereocenters. The zero-order valence-corrected chi connectivity index (χ0v) is 11.7. The highest BCUT2D eigenvalue weighted by molar-refractivity contribution is 9.10. The van der Waals surface area contributed by atoms with E-state index in [1.54, 1.807) is 6.92 Å². The molecule has 6 heteroatoms. The van der Waals surface area contributed by atoms with E-state index in [1.165, 1.54) is 11.8 Å². The van der Waals surface area contributed by atoms with Gasteiger partial charge in [0.2, 0.25) is 0 Å². The van der Waals surface area contributed by atoms with Gasteiger partial charge in [0.05, 0.1) is 12.4 Å². The van der Waals surface area contributed by atoms with E-state index in [0.717, 1.165) is 14.9 Å². The van der Waals surface area contributed by atoms with Crippen molar-refractivity contribution in [1.29, 1.82) is 0 Å². The van der Waals surface area contributed by atoms with E-state index < -0.39 is 0 Å². The highest BCUT2D eigenvalue weighted by Gasteiger charge is 2.08. The summed E-state index contributed by atoms with van der Waals surface area (Å²) in [6.07, 6.45) is 0. The Morgan fingerprint density at radius 1 is 1.53 bits per heavy atom. The highest BCUT2D eigenvalue weighted by atomic mass is 79.9. The predicted octanol–water partition coefficient (Wildman–Crippen LogP) is 3.37. The van der Waals surface area contributed by atoms with Crippen LogP contribution in [0.4, 0.5) is 0 Å². The molecule has 0 N–H and O–H groups in total. The molecule has 0 heterocycles. The van der Waals surface area contributed by atoms with Gasteiger partial charge in [-0.2, -0.15) is 4.91 Å². The number of thioether (sulfide) groups is 1. The van der Waals surface area contributed by atoms with Crippen molar-refractivity contribution < 1.29 is 9.53 Å². The van der Waals surface area contributed by atoms with Crippen LogP contribution in [0.1, 0.15) is 12.5 Å². The molecule has 0 saturated heterocycles. The molecule has 0 aliphatic rings. The third kappa shape index (κ3) is 4.87. The monoisotopic (exact) mass is 317 g/mol. The van der Waals surface area contributed by atoms with Crippen molar-refractivity contribution in [2.24, 2.45) is 5.18 Å². The van der Waals surface area contributed by atoms with Gasteiger partial charge in [0.25, 0.3) is 0 Å². The van der Waals surface area contributed by atoms with Crippen LogP contribution in [0.2, 0.25) is 0 Å². The number of hydrogen-bond donors (Lipinski definition) is 0. The van der Waals surface area contributed by atoms with Crippen LogP contribution in [0.25, 0.3) is 0 Å². The second-order valence-corrected chi connectivity index (χ2v) is 5.07. The third-order valence-corrected chi connectivity index (χ3v) is 3.48. The Morgan fingerprint density at radius 3 is 2.94 bits per heavy atom. The molecular formula is C11H12BrNO3S. The molecule has 0 saturated carbocycles. The number of benzene rings is 1. The largest absolute Gasteiger partial charge is 0.465 e. The molecule has 0 fully saturated rings. The van der Waals surface area contributed by atoms with Gasteiger partial charge in [-0.05, 0) is 24.6 Å². The van der Waals surface area contributed by atoms with Gasteiger partial charge in [-0.1, -0.05) is 27.2 Å². The highest BCUT2D eigenvalue weighted by Crippen LogP contribution is 2.27. The maximum absolute atomic E-state index is 11.2. The molecule has 1 aromatic rings. The maximum atomic E-state index is 11.2. The SMILES string of the molecule is CCOC(=O)CSc1cc(Br)ccc1CN=O. The van der Waals surface area contributed by atoms with Gasteiger partial charge in [-0.3, -0.25) is 4.79 Å². The molecule has 0 atom stereocenters. The van der Waals surface area contributed by atoms with Crippen molar-refractivity contribution in [3.63, 3.8) is 0 Å². The quantitative estimate of drug-likeness (QED) is 0.458. The second kappa shape index (κ2) is 7.45. The van der Waals surface area contributed by atoms with Gasteiger partial charge >= 0.3 is 5.97 Å². The summed E-state index contributed by atoms with van der Waals surface area (Å²) < 4.78 is 5.74. The van der Waals surface area contributed by atoms with Gasteiger partial charge in [-0.25, -0.2) is 0 Å². The van der Waals surface area contributed by atoms with Gasteiger partial charge < -0.3 is 4.74 Å². The number of carbonyl (C=O) groups is 1. The summed E-state index contributed by atoms with van der Waals surface area (Å²) in [5, 5.41) is 2.86. The number of nitroso groups, excluding NO2 is 1. The first-order valence-electron chi connectivity index (χ1n) is 5.03. The molecule has 4 nitrogen and oxygen atoms in total. The van der Waals surface area contributed by atoms with Crippen LogP contribution in [0.15, 0.2) is 32.7 Å². The predicted molar refractivity (Wildman–Crippen MR) is 71.0 cm³/mol. The van der Waals surface area contributed by atoms with Crippen molar-refractivity contribution in [2.45, 2.75) is 18.4 Å². The Kier molecular flexibility index (Phi) is 6.21. The number of rotatable bonds is 6. The molecule has 0 spiro atoms. The van der Waals surface area contributed by atoms with Crippen LogP contribution in [0.3, 0.4) is 0 Å². The minimum Gasteiger partial charge on any atom is -0.465 e. The number of hydrogen-bond acceptors (Lipinski definition) is 5. The van der Waals surface area contributed by atoms with Gasteiger partial charge in [0.1, 0.15) is 6.54 Å². The van der Waals surface area contributed by atoms with Crippen molar-refractivity contribution >= 4 is 33.7 Å². The Balaban J connectivity index is 2.70. The van der Waals surface area contributed by atoms with E-state index in [0.29, 0.717) is 6.61 Å². The number of ether oxygens (including phenoxy) is 1. The number of nitrogens with zero attached hydrogens (tertiary/aromatic N) is 1. The molecule has 0 radical (unpaired) electrons. The van der Waals surface area contributed by atoms with E-state index in [4.69, 9.17) is 4.74 Å². The van der Waals surface area contributed by atoms with Crippen molar-refractivity contribution in [3.8, 4) is 0 Å². The fraction of sp³-hybridized carbons (Fsp3) is 0.364. The average Bonchev–Trinajstić information content (AvgIpc) is 2.30. The minimum absolute atomic E-state index is 0.110. The van der Waals surface area contributed by atoms with E-state index in [1.807, 2.05) is 18.2 Å². The summed E-state index contributed by atoms with van der Waals surface area (Å²) >= 11 is 4.69. The summed E-state index contributed by atoms with van der Waals surface area (Å²) in [4.78, 5) is 22.4. The van der Waals surface area contributed by atoms with Crippen molar-refractivity contribution in [3.05, 3.63) is 33.1 Å². The molecule has 0 amide bonds. The summed E-state index contributed by atoms with van der Waals surface area (Å²) in [6.45, 7) is 2.25. The van der Waals surface area contributed by atoms with Crippen LogP contribution < -0.4 is 0 Å². The fourth-order valence-electron chi connectivity index (χ4n) is 1.20. The standard InChI is InChI=1S/C11H12BrNO3S/c1-2-16-11(14)7-17-10-5-9(12)4-3-8(10)6-13-15/h3-5H,2,6-7H2,1H3. The molecule has 0 bridgehead atoms. The van der Waals surface area contributed by atoms with Gasteiger partial charge in [0, 0.05) is 9.37 Å². The molecule has 1 rings (SSSR count). The van der Waals surface area contributed by atoms with Crippen molar-refractivity contribution in [2.75, 3.05) is 12.4 Å². The molecule has 1 aromatic carbocycles. The number of carbonyl (C=O) groups excluding carboxylic acids is 1. The maximum Gasteiger partial charge on any atom is 0.316 e. The third-order valence-electron chi connectivity index (χ3n) is 1.91. The average molecular weight is 318 g/mol. The fourth-order valence-corrected chi connectivity index (χ4v) is 2.60. The van der Waals surface area contributed by atoms with Crippen LogP contribution >= 0.6 is 27.7 Å². The minimum atomic E-state index is -0.262. The molecule has 0 aliphatic heterocycles. The summed E-state index contributed by atoms with van der Waals surface area (Å²) in [6, 6.07) is 5.53. The lowest BCUT2D eigenvalue weighted by molar-refractivity contribution is -0.139. The normalized spacial score (nSPS) is 10.0. The Bertz CT molecular complexity index is 412. The van der Waals surface area contributed by atoms with E-state index in [2.05, 4.69) is 21.1 Å². The van der Waals surface area contributed by atoms with Crippen LogP contribution in [-0.4, -0.2) is 18.3 Å². The Labute approximate surface area is 112 Å². The lowest BCUT2D eigenvalue weighted by Gasteiger charge is -2.07. The van der Waals surface area contributed by atoms with Crippen LogP contribution in [-0.2, 0) is 16.1 Å². The topological polar surface area (TPSA) is 55.7 Å². The van der Waals surface area contributed by atoms with Gasteiger partial charge in [-0.15, -0.1) is 11.8 Å². The summed E-state index contributed by atoms with van der Waals surface area (Å²) in [5.74, 6) is -0.0293. The Hall–Kier alpha value is -0.880. The number of esters is 1. The van der Waals surface area contributed by atoms with Gasteiger partial charge in [0.15, 0.2) is 0 Å². The first-order valence-corrected chi connectivity index (χ1v) is 6.81. The summed E-state index contributed by atoms with van der Waals surface area (Å²) in [5.41, 5.74) is 0.817. The van der Waals surface area contributed by atoms with E-state index in [9.17, 15) is 9.70 Å². The smallest absolute Gasteiger partial charge is 0.316 e. The second-order valence-electron chi connectivity index (χ2n) is 3.13. The zero-order chi connectivity index (χ0) is 12.7. The molecule has 0 aliphatic carbocycles. The van der Waals surface area contributed by atoms with Crippen LogP contribution in [0.5, 0.6) is 0 Å². The van der Waals surface area contributed by atoms with Crippen LogP contribution in [0, 0.1) is 4.91 Å². The molecule has 92 valence electrons. The Morgan fingerprint density at radius 2 is 2.29 bits per heavy atom. The lowest BCUT2D eigenvalue weighted by Crippen LogP contribution is -2.06. The van der Waals surface area contributed by atoms with Crippen molar-refractivity contribution in [1.82, 2.24) is 0 Å². The molecular weight excluding hydrogens is 306 g/mol. The lowest BCUT2D eigenvalue weighted by atomic mass is 10.2. The molecule has 0 aromatic heterocycles. The number of halogens is 1. The molecule has 17 heavy (non-hydrogen) atoms.